The molecule has 0 spiro atoms. The molecule has 5 rings (SSSR count). The van der Waals surface area contributed by atoms with Gasteiger partial charge in [-0.25, -0.2) is 0 Å². The van der Waals surface area contributed by atoms with Crippen LogP contribution >= 0.6 is 23.4 Å². The number of thioether (sulfide) groups is 1. The summed E-state index contributed by atoms with van der Waals surface area (Å²) in [4.78, 5) is 30.1. The summed E-state index contributed by atoms with van der Waals surface area (Å²) in [5, 5.41) is 6.35. The van der Waals surface area contributed by atoms with Crippen LogP contribution in [-0.4, -0.2) is 15.5 Å². The molecule has 0 radical (unpaired) electrons. The molecule has 0 bridgehead atoms. The maximum absolute atomic E-state index is 13.1. The molecule has 5 nitrogen and oxygen atoms in total. The Kier molecular flexibility index (Phi) is 5.49. The summed E-state index contributed by atoms with van der Waals surface area (Å²) in [7, 11) is 1.83. The van der Waals surface area contributed by atoms with Crippen LogP contribution in [0, 0.1) is 0 Å². The monoisotopic (exact) mass is 461 g/mol. The Labute approximate surface area is 194 Å². The Morgan fingerprint density at radius 3 is 2.59 bits per heavy atom. The topological polar surface area (TPSA) is 64.0 Å². The molecule has 1 aliphatic rings. The Morgan fingerprint density at radius 2 is 1.81 bits per heavy atom. The number of carbonyl (C=O) groups excluding carboxylic acids is 1. The highest BCUT2D eigenvalue weighted by Crippen LogP contribution is 2.37. The Bertz CT molecular complexity index is 1400. The first-order valence-corrected chi connectivity index (χ1v) is 11.6. The molecule has 0 fully saturated rings. The van der Waals surface area contributed by atoms with Crippen molar-refractivity contribution < 1.29 is 4.79 Å². The highest BCUT2D eigenvalue weighted by atomic mass is 35.5. The zero-order chi connectivity index (χ0) is 22.2. The fraction of sp³-hybridized carbons (Fsp3) is 0.160. The van der Waals surface area contributed by atoms with Gasteiger partial charge in [0.25, 0.3) is 5.56 Å². The standard InChI is InChI=1S/C25H20ClN3O2S/c1-29-23-22(24(31)28-25(29)32-14-15-6-10-19(26)11-7-15)20(13-21(30)27-23)18-9-8-16-4-2-3-5-17(16)12-18/h2-12,20H,13-14H2,1H3,(H,27,30). The van der Waals surface area contributed by atoms with Gasteiger partial charge in [0.2, 0.25) is 5.91 Å². The largest absolute Gasteiger partial charge is 0.312 e. The average Bonchev–Trinajstić information content (AvgIpc) is 2.80. The predicted molar refractivity (Wildman–Crippen MR) is 130 cm³/mol. The van der Waals surface area contributed by atoms with E-state index in [2.05, 4.69) is 16.4 Å². The van der Waals surface area contributed by atoms with Crippen molar-refractivity contribution in [3.8, 4) is 0 Å². The van der Waals surface area contributed by atoms with Crippen LogP contribution in [0.2, 0.25) is 5.02 Å². The Balaban J connectivity index is 1.53. The summed E-state index contributed by atoms with van der Waals surface area (Å²) in [6, 6.07) is 21.7. The molecule has 32 heavy (non-hydrogen) atoms. The van der Waals surface area contributed by atoms with E-state index in [4.69, 9.17) is 11.6 Å². The molecule has 0 saturated carbocycles. The quantitative estimate of drug-likeness (QED) is 0.328. The van der Waals surface area contributed by atoms with Crippen molar-refractivity contribution in [2.24, 2.45) is 7.05 Å². The Morgan fingerprint density at radius 1 is 1.06 bits per heavy atom. The van der Waals surface area contributed by atoms with E-state index in [-0.39, 0.29) is 23.8 Å². The van der Waals surface area contributed by atoms with E-state index in [0.29, 0.717) is 27.3 Å². The molecule has 4 aromatic rings. The molecule has 1 N–H and O–H groups in total. The fourth-order valence-corrected chi connectivity index (χ4v) is 5.15. The zero-order valence-electron chi connectivity index (χ0n) is 17.3. The summed E-state index contributed by atoms with van der Waals surface area (Å²) >= 11 is 7.41. The number of anilines is 1. The molecule has 160 valence electrons. The molecule has 3 aromatic carbocycles. The molecular weight excluding hydrogens is 442 g/mol. The second-order valence-corrected chi connectivity index (χ2v) is 9.23. The summed E-state index contributed by atoms with van der Waals surface area (Å²) in [5.41, 5.74) is 2.26. The highest BCUT2D eigenvalue weighted by Gasteiger charge is 2.32. The first-order chi connectivity index (χ1) is 15.5. The number of rotatable bonds is 4. The van der Waals surface area contributed by atoms with Crippen molar-refractivity contribution in [3.05, 3.63) is 98.8 Å². The van der Waals surface area contributed by atoms with Crippen molar-refractivity contribution in [3.63, 3.8) is 0 Å². The zero-order valence-corrected chi connectivity index (χ0v) is 18.9. The van der Waals surface area contributed by atoms with E-state index in [1.54, 1.807) is 0 Å². The van der Waals surface area contributed by atoms with Crippen LogP contribution < -0.4 is 10.9 Å². The number of nitrogens with one attached hydrogen (secondary N) is 1. The lowest BCUT2D eigenvalue weighted by molar-refractivity contribution is -0.116. The predicted octanol–water partition coefficient (Wildman–Crippen LogP) is 5.35. The Hall–Kier alpha value is -3.09. The number of fused-ring (bicyclic) bond motifs is 2. The van der Waals surface area contributed by atoms with Gasteiger partial charge in [0.1, 0.15) is 5.82 Å². The van der Waals surface area contributed by atoms with Crippen LogP contribution in [0.15, 0.2) is 76.7 Å². The van der Waals surface area contributed by atoms with Crippen molar-refractivity contribution in [2.75, 3.05) is 5.32 Å². The third-order valence-electron chi connectivity index (χ3n) is 5.76. The van der Waals surface area contributed by atoms with Gasteiger partial charge in [-0.15, -0.1) is 0 Å². The van der Waals surface area contributed by atoms with Gasteiger partial charge in [0.05, 0.1) is 5.56 Å². The molecule has 0 aliphatic carbocycles. The van der Waals surface area contributed by atoms with E-state index in [0.717, 1.165) is 21.9 Å². The molecule has 1 aromatic heterocycles. The lowest BCUT2D eigenvalue weighted by Crippen LogP contribution is -2.33. The van der Waals surface area contributed by atoms with E-state index < -0.39 is 0 Å². The van der Waals surface area contributed by atoms with Gasteiger partial charge in [-0.05, 0) is 34.0 Å². The number of aromatic nitrogens is 2. The number of benzene rings is 3. The van der Waals surface area contributed by atoms with Gasteiger partial charge in [0, 0.05) is 30.2 Å². The van der Waals surface area contributed by atoms with Crippen molar-refractivity contribution >= 4 is 45.9 Å². The van der Waals surface area contributed by atoms with Gasteiger partial charge >= 0.3 is 0 Å². The van der Waals surface area contributed by atoms with E-state index in [1.165, 1.54) is 11.8 Å². The van der Waals surface area contributed by atoms with Gasteiger partial charge in [0.15, 0.2) is 5.16 Å². The first kappa shape index (κ1) is 20.8. The molecular formula is C25H20ClN3O2S. The highest BCUT2D eigenvalue weighted by molar-refractivity contribution is 7.98. The maximum atomic E-state index is 13.1. The minimum atomic E-state index is -0.329. The number of hydrogen-bond acceptors (Lipinski definition) is 4. The number of nitrogens with zero attached hydrogens (tertiary/aromatic N) is 2. The van der Waals surface area contributed by atoms with Crippen molar-refractivity contribution in [2.45, 2.75) is 23.2 Å². The second kappa shape index (κ2) is 8.45. The van der Waals surface area contributed by atoms with Gasteiger partial charge < -0.3 is 9.88 Å². The van der Waals surface area contributed by atoms with Crippen LogP contribution in [0.3, 0.4) is 0 Å². The molecule has 1 atom stereocenters. The molecule has 1 amide bonds. The van der Waals surface area contributed by atoms with Crippen LogP contribution in [-0.2, 0) is 17.6 Å². The summed E-state index contributed by atoms with van der Waals surface area (Å²) in [6.07, 6.45) is 0.222. The molecule has 2 heterocycles. The lowest BCUT2D eigenvalue weighted by Gasteiger charge is -2.27. The van der Waals surface area contributed by atoms with E-state index >= 15 is 0 Å². The average molecular weight is 462 g/mol. The normalized spacial score (nSPS) is 15.4. The fourth-order valence-electron chi connectivity index (χ4n) is 4.10. The van der Waals surface area contributed by atoms with E-state index in [9.17, 15) is 9.59 Å². The van der Waals surface area contributed by atoms with Crippen LogP contribution in [0.1, 0.15) is 29.0 Å². The molecule has 7 heteroatoms. The van der Waals surface area contributed by atoms with Crippen molar-refractivity contribution in [1.82, 2.24) is 9.55 Å². The van der Waals surface area contributed by atoms with Gasteiger partial charge in [-0.3, -0.25) is 9.59 Å². The van der Waals surface area contributed by atoms with Crippen LogP contribution in [0.4, 0.5) is 5.82 Å². The van der Waals surface area contributed by atoms with Crippen LogP contribution in [0.5, 0.6) is 0 Å². The minimum absolute atomic E-state index is 0.106. The third-order valence-corrected chi connectivity index (χ3v) is 7.11. The number of amides is 1. The number of hydrogen-bond donors (Lipinski definition) is 1. The van der Waals surface area contributed by atoms with Gasteiger partial charge in [-0.2, -0.15) is 4.98 Å². The van der Waals surface area contributed by atoms with Gasteiger partial charge in [-0.1, -0.05) is 78.0 Å². The minimum Gasteiger partial charge on any atom is -0.312 e. The number of halogens is 1. The maximum Gasteiger partial charge on any atom is 0.279 e. The smallest absolute Gasteiger partial charge is 0.279 e. The summed E-state index contributed by atoms with van der Waals surface area (Å²) < 4.78 is 1.81. The second-order valence-electron chi connectivity index (χ2n) is 7.85. The summed E-state index contributed by atoms with van der Waals surface area (Å²) in [5.74, 6) is 0.728. The molecule has 1 aliphatic heterocycles. The lowest BCUT2D eigenvalue weighted by atomic mass is 9.86. The first-order valence-electron chi connectivity index (χ1n) is 10.3. The van der Waals surface area contributed by atoms with Crippen LogP contribution in [0.25, 0.3) is 10.8 Å². The summed E-state index contributed by atoms with van der Waals surface area (Å²) in [6.45, 7) is 0. The van der Waals surface area contributed by atoms with Crippen molar-refractivity contribution in [1.29, 1.82) is 0 Å². The van der Waals surface area contributed by atoms with E-state index in [1.807, 2.05) is 72.3 Å². The molecule has 0 saturated heterocycles. The third kappa shape index (κ3) is 3.92. The number of carbonyl (C=O) groups is 1. The SMILES string of the molecule is Cn1c(SCc2ccc(Cl)cc2)nc(=O)c2c1NC(=O)CC2c1ccc2ccccc2c1. The molecule has 1 unspecified atom stereocenters.